The van der Waals surface area contributed by atoms with Crippen LogP contribution in [0.15, 0.2) is 36.7 Å². The Kier molecular flexibility index (Phi) is 4.73. The fourth-order valence-electron chi connectivity index (χ4n) is 1.67. The number of hydrogen-bond donors (Lipinski definition) is 2. The largest absolute Gasteiger partial charge is 0.484 e. The third kappa shape index (κ3) is 3.83. The van der Waals surface area contributed by atoms with Crippen LogP contribution in [0.2, 0.25) is 0 Å². The van der Waals surface area contributed by atoms with Gasteiger partial charge in [-0.2, -0.15) is 5.10 Å². The highest BCUT2D eigenvalue weighted by Gasteiger charge is 2.05. The van der Waals surface area contributed by atoms with Crippen LogP contribution in [0.4, 0.5) is 5.69 Å². The molecule has 1 amide bonds. The van der Waals surface area contributed by atoms with Gasteiger partial charge < -0.3 is 15.8 Å². The van der Waals surface area contributed by atoms with Crippen LogP contribution in [0, 0.1) is 0 Å². The molecule has 0 aliphatic heterocycles. The maximum Gasteiger partial charge on any atom is 0.262 e. The Morgan fingerprint density at radius 1 is 1.40 bits per heavy atom. The maximum absolute atomic E-state index is 11.7. The summed E-state index contributed by atoms with van der Waals surface area (Å²) in [6, 6.07) is 7.34. The lowest BCUT2D eigenvalue weighted by Gasteiger charge is -2.06. The molecule has 0 atom stereocenters. The summed E-state index contributed by atoms with van der Waals surface area (Å²) in [5.41, 5.74) is 7.20. The summed E-state index contributed by atoms with van der Waals surface area (Å²) in [4.78, 5) is 11.7. The van der Waals surface area contributed by atoms with Gasteiger partial charge in [-0.1, -0.05) is 12.1 Å². The second-order valence-corrected chi connectivity index (χ2v) is 4.27. The molecule has 6 nitrogen and oxygen atoms in total. The quantitative estimate of drug-likeness (QED) is 0.833. The van der Waals surface area contributed by atoms with E-state index < -0.39 is 0 Å². The number of rotatable bonds is 6. The first-order chi connectivity index (χ1) is 9.71. The van der Waals surface area contributed by atoms with Gasteiger partial charge in [0.05, 0.1) is 11.9 Å². The van der Waals surface area contributed by atoms with Gasteiger partial charge in [0.25, 0.3) is 5.91 Å². The number of benzene rings is 1. The van der Waals surface area contributed by atoms with Gasteiger partial charge in [0.2, 0.25) is 0 Å². The molecule has 0 aliphatic carbocycles. The predicted octanol–water partition coefficient (Wildman–Crippen LogP) is 1.38. The molecule has 20 heavy (non-hydrogen) atoms. The van der Waals surface area contributed by atoms with Crippen LogP contribution in [0.1, 0.15) is 12.5 Å². The summed E-state index contributed by atoms with van der Waals surface area (Å²) < 4.78 is 7.13. The van der Waals surface area contributed by atoms with Crippen LogP contribution in [-0.4, -0.2) is 22.3 Å². The molecule has 6 heteroatoms. The number of aryl methyl sites for hydroxylation is 1. The second kappa shape index (κ2) is 6.72. The molecule has 1 aromatic carbocycles. The molecule has 0 aliphatic rings. The fourth-order valence-corrected chi connectivity index (χ4v) is 1.67. The number of anilines is 1. The molecule has 0 spiro atoms. The third-order valence-electron chi connectivity index (χ3n) is 2.77. The number of nitrogens with one attached hydrogen (secondary N) is 1. The van der Waals surface area contributed by atoms with Crippen molar-refractivity contribution in [2.45, 2.75) is 20.0 Å². The summed E-state index contributed by atoms with van der Waals surface area (Å²) in [5.74, 6) is 0.421. The summed E-state index contributed by atoms with van der Waals surface area (Å²) >= 11 is 0. The lowest BCUT2D eigenvalue weighted by Crippen LogP contribution is -2.19. The third-order valence-corrected chi connectivity index (χ3v) is 2.77. The molecule has 0 saturated carbocycles. The van der Waals surface area contributed by atoms with Gasteiger partial charge in [-0.05, 0) is 24.6 Å². The topological polar surface area (TPSA) is 82.2 Å². The zero-order chi connectivity index (χ0) is 14.4. The smallest absolute Gasteiger partial charge is 0.262 e. The van der Waals surface area contributed by atoms with E-state index in [9.17, 15) is 4.79 Å². The highest BCUT2D eigenvalue weighted by atomic mass is 16.5. The Morgan fingerprint density at radius 2 is 2.15 bits per heavy atom. The molecule has 0 radical (unpaired) electrons. The molecule has 2 aromatic rings. The average molecular weight is 274 g/mol. The van der Waals surface area contributed by atoms with Gasteiger partial charge in [0.15, 0.2) is 6.61 Å². The van der Waals surface area contributed by atoms with Crippen LogP contribution in [0.5, 0.6) is 5.75 Å². The molecule has 2 rings (SSSR count). The molecule has 106 valence electrons. The van der Waals surface area contributed by atoms with E-state index in [4.69, 9.17) is 10.5 Å². The van der Waals surface area contributed by atoms with E-state index in [-0.39, 0.29) is 12.5 Å². The van der Waals surface area contributed by atoms with Crippen molar-refractivity contribution < 1.29 is 9.53 Å². The van der Waals surface area contributed by atoms with Crippen molar-refractivity contribution in [2.24, 2.45) is 5.73 Å². The monoisotopic (exact) mass is 274 g/mol. The van der Waals surface area contributed by atoms with Crippen molar-refractivity contribution in [1.82, 2.24) is 9.78 Å². The first-order valence-electron chi connectivity index (χ1n) is 6.45. The van der Waals surface area contributed by atoms with E-state index in [0.717, 1.165) is 12.1 Å². The van der Waals surface area contributed by atoms with Gasteiger partial charge >= 0.3 is 0 Å². The van der Waals surface area contributed by atoms with Crippen LogP contribution >= 0.6 is 0 Å². The van der Waals surface area contributed by atoms with Crippen molar-refractivity contribution in [1.29, 1.82) is 0 Å². The molecular weight excluding hydrogens is 256 g/mol. The SMILES string of the molecule is CCn1cc(NC(=O)COc2ccc(CN)cc2)cn1. The Bertz CT molecular complexity index is 563. The normalized spacial score (nSPS) is 10.3. The number of hydrogen-bond acceptors (Lipinski definition) is 4. The number of aromatic nitrogens is 2. The second-order valence-electron chi connectivity index (χ2n) is 4.27. The van der Waals surface area contributed by atoms with Crippen molar-refractivity contribution in [3.05, 3.63) is 42.2 Å². The molecule has 0 bridgehead atoms. The number of amides is 1. The minimum Gasteiger partial charge on any atom is -0.484 e. The van der Waals surface area contributed by atoms with E-state index >= 15 is 0 Å². The molecule has 0 unspecified atom stereocenters. The van der Waals surface area contributed by atoms with Crippen molar-refractivity contribution in [3.8, 4) is 5.75 Å². The van der Waals surface area contributed by atoms with Gasteiger partial charge in [-0.15, -0.1) is 0 Å². The summed E-state index contributed by atoms with van der Waals surface area (Å²) in [5, 5.41) is 6.80. The molecule has 1 aromatic heterocycles. The number of carbonyl (C=O) groups is 1. The minimum absolute atomic E-state index is 0.0424. The van der Waals surface area contributed by atoms with E-state index in [1.807, 2.05) is 19.1 Å². The fraction of sp³-hybridized carbons (Fsp3) is 0.286. The highest BCUT2D eigenvalue weighted by molar-refractivity contribution is 5.91. The number of nitrogens with zero attached hydrogens (tertiary/aromatic N) is 2. The van der Waals surface area contributed by atoms with Crippen LogP contribution in [0.3, 0.4) is 0 Å². The summed E-state index contributed by atoms with van der Waals surface area (Å²) in [7, 11) is 0. The average Bonchev–Trinajstić information content (AvgIpc) is 2.93. The lowest BCUT2D eigenvalue weighted by atomic mass is 10.2. The minimum atomic E-state index is -0.219. The van der Waals surface area contributed by atoms with E-state index in [0.29, 0.717) is 18.0 Å². The Labute approximate surface area is 117 Å². The van der Waals surface area contributed by atoms with Crippen molar-refractivity contribution >= 4 is 11.6 Å². The van der Waals surface area contributed by atoms with Crippen molar-refractivity contribution in [3.63, 3.8) is 0 Å². The standard InChI is InChI=1S/C14H18N4O2/c1-2-18-9-12(8-16-18)17-14(19)10-20-13-5-3-11(7-15)4-6-13/h3-6,8-9H,2,7,10,15H2,1H3,(H,17,19). The Hall–Kier alpha value is -2.34. The molecule has 0 fully saturated rings. The molecule has 0 saturated heterocycles. The van der Waals surface area contributed by atoms with Crippen LogP contribution in [-0.2, 0) is 17.9 Å². The van der Waals surface area contributed by atoms with Crippen LogP contribution in [0.25, 0.3) is 0 Å². The lowest BCUT2D eigenvalue weighted by molar-refractivity contribution is -0.118. The van der Waals surface area contributed by atoms with Gasteiger partial charge in [-0.25, -0.2) is 0 Å². The predicted molar refractivity (Wildman–Crippen MR) is 76.4 cm³/mol. The Morgan fingerprint density at radius 3 is 2.75 bits per heavy atom. The Balaban J connectivity index is 1.82. The van der Waals surface area contributed by atoms with Crippen LogP contribution < -0.4 is 15.8 Å². The molecule has 3 N–H and O–H groups in total. The highest BCUT2D eigenvalue weighted by Crippen LogP contribution is 2.12. The summed E-state index contributed by atoms with van der Waals surface area (Å²) in [6.45, 7) is 3.19. The number of carbonyl (C=O) groups excluding carboxylic acids is 1. The molecule has 1 heterocycles. The van der Waals surface area contributed by atoms with Gasteiger partial charge in [0, 0.05) is 19.3 Å². The molecular formula is C14H18N4O2. The zero-order valence-corrected chi connectivity index (χ0v) is 11.4. The first kappa shape index (κ1) is 14.1. The number of ether oxygens (including phenoxy) is 1. The van der Waals surface area contributed by atoms with Crippen molar-refractivity contribution in [2.75, 3.05) is 11.9 Å². The zero-order valence-electron chi connectivity index (χ0n) is 11.4. The maximum atomic E-state index is 11.7. The van der Waals surface area contributed by atoms with E-state index in [1.165, 1.54) is 0 Å². The van der Waals surface area contributed by atoms with Gasteiger partial charge in [0.1, 0.15) is 5.75 Å². The summed E-state index contributed by atoms with van der Waals surface area (Å²) in [6.07, 6.45) is 3.38. The van der Waals surface area contributed by atoms with E-state index in [1.54, 1.807) is 29.2 Å². The van der Waals surface area contributed by atoms with E-state index in [2.05, 4.69) is 10.4 Å². The van der Waals surface area contributed by atoms with Gasteiger partial charge in [-0.3, -0.25) is 9.48 Å². The first-order valence-corrected chi connectivity index (χ1v) is 6.45. The number of nitrogens with two attached hydrogens (primary N) is 1.